The van der Waals surface area contributed by atoms with Crippen molar-refractivity contribution in [2.45, 2.75) is 33.2 Å². The van der Waals surface area contributed by atoms with E-state index in [2.05, 4.69) is 13.8 Å². The molecule has 1 unspecified atom stereocenters. The van der Waals surface area contributed by atoms with E-state index in [1.807, 2.05) is 6.92 Å². The van der Waals surface area contributed by atoms with Crippen LogP contribution in [0.4, 0.5) is 0 Å². The molecule has 5 heteroatoms. The Balaban J connectivity index is 3.63. The van der Waals surface area contributed by atoms with Gasteiger partial charge < -0.3 is 20.1 Å². The van der Waals surface area contributed by atoms with Crippen molar-refractivity contribution >= 4 is 5.91 Å². The lowest BCUT2D eigenvalue weighted by Gasteiger charge is -2.21. The number of hydrogen-bond donors (Lipinski definition) is 1. The number of nitrogens with zero attached hydrogens (tertiary/aromatic N) is 1. The van der Waals surface area contributed by atoms with E-state index in [4.69, 9.17) is 15.2 Å². The minimum atomic E-state index is -0.0116. The maximum Gasteiger partial charge on any atom is 0.248 e. The van der Waals surface area contributed by atoms with Gasteiger partial charge in [-0.2, -0.15) is 0 Å². The molecule has 1 amide bonds. The van der Waals surface area contributed by atoms with Gasteiger partial charge in [0, 0.05) is 26.2 Å². The fraction of sp³-hybridized carbons (Fsp3) is 0.923. The molecule has 0 aliphatic heterocycles. The van der Waals surface area contributed by atoms with E-state index in [9.17, 15) is 4.79 Å². The van der Waals surface area contributed by atoms with Crippen LogP contribution in [0.25, 0.3) is 0 Å². The fourth-order valence-electron chi connectivity index (χ4n) is 1.33. The molecular formula is C13H28N2O3. The third-order valence-electron chi connectivity index (χ3n) is 2.88. The molecule has 5 nitrogen and oxygen atoms in total. The maximum absolute atomic E-state index is 11.7. The summed E-state index contributed by atoms with van der Waals surface area (Å²) in [5.41, 5.74) is 5.93. The Kier molecular flexibility index (Phi) is 9.92. The highest BCUT2D eigenvalue weighted by molar-refractivity contribution is 5.77. The molecule has 0 aromatic heterocycles. The molecule has 0 radical (unpaired) electrons. The first-order valence-corrected chi connectivity index (χ1v) is 6.64. The highest BCUT2D eigenvalue weighted by atomic mass is 16.5. The van der Waals surface area contributed by atoms with Crippen LogP contribution < -0.4 is 5.73 Å². The van der Waals surface area contributed by atoms with Gasteiger partial charge in [0.25, 0.3) is 0 Å². The van der Waals surface area contributed by atoms with Crippen molar-refractivity contribution in [3.05, 3.63) is 0 Å². The second-order valence-corrected chi connectivity index (χ2v) is 4.76. The van der Waals surface area contributed by atoms with Gasteiger partial charge in [-0.15, -0.1) is 0 Å². The van der Waals surface area contributed by atoms with E-state index in [-0.39, 0.29) is 18.6 Å². The van der Waals surface area contributed by atoms with E-state index >= 15 is 0 Å². The summed E-state index contributed by atoms with van der Waals surface area (Å²) in [7, 11) is 1.78. The average Bonchev–Trinajstić information content (AvgIpc) is 2.34. The third kappa shape index (κ3) is 8.44. The highest BCUT2D eigenvalue weighted by Crippen LogP contribution is 2.03. The normalized spacial score (nSPS) is 12.8. The van der Waals surface area contributed by atoms with Crippen molar-refractivity contribution in [3.8, 4) is 0 Å². The molecule has 0 heterocycles. The van der Waals surface area contributed by atoms with Crippen LogP contribution in [-0.2, 0) is 14.3 Å². The van der Waals surface area contributed by atoms with Crippen LogP contribution in [0, 0.1) is 5.92 Å². The number of carbonyl (C=O) groups excluding carboxylic acids is 1. The zero-order valence-electron chi connectivity index (χ0n) is 12.1. The van der Waals surface area contributed by atoms with Gasteiger partial charge in [-0.25, -0.2) is 0 Å². The van der Waals surface area contributed by atoms with Crippen LogP contribution in [0.1, 0.15) is 27.2 Å². The first-order valence-electron chi connectivity index (χ1n) is 6.64. The van der Waals surface area contributed by atoms with Gasteiger partial charge in [-0.1, -0.05) is 13.8 Å². The Hall–Kier alpha value is -0.650. The van der Waals surface area contributed by atoms with Gasteiger partial charge >= 0.3 is 0 Å². The lowest BCUT2D eigenvalue weighted by Crippen LogP contribution is -2.36. The molecule has 0 rings (SSSR count). The standard InChI is InChI=1S/C13H28N2O3/c1-5-17-8-9-18-10-13(16)15(4)7-6-12(14)11(2)3/h11-12H,5-10,14H2,1-4H3. The zero-order valence-corrected chi connectivity index (χ0v) is 12.1. The molecule has 0 bridgehead atoms. The maximum atomic E-state index is 11.7. The summed E-state index contributed by atoms with van der Waals surface area (Å²) in [6.45, 7) is 8.55. The average molecular weight is 260 g/mol. The smallest absolute Gasteiger partial charge is 0.248 e. The summed E-state index contributed by atoms with van der Waals surface area (Å²) in [5, 5.41) is 0. The monoisotopic (exact) mass is 260 g/mol. The molecule has 0 aromatic rings. The molecular weight excluding hydrogens is 232 g/mol. The predicted octanol–water partition coefficient (Wildman–Crippen LogP) is 0.871. The topological polar surface area (TPSA) is 64.8 Å². The van der Waals surface area contributed by atoms with Gasteiger partial charge in [0.05, 0.1) is 13.2 Å². The summed E-state index contributed by atoms with van der Waals surface area (Å²) in [4.78, 5) is 13.3. The molecule has 0 aliphatic carbocycles. The summed E-state index contributed by atoms with van der Waals surface area (Å²) in [6, 6.07) is 0.138. The second kappa shape index (κ2) is 10.3. The molecule has 1 atom stereocenters. The van der Waals surface area contributed by atoms with E-state index in [0.29, 0.717) is 32.3 Å². The van der Waals surface area contributed by atoms with Crippen LogP contribution in [0.2, 0.25) is 0 Å². The number of amides is 1. The largest absolute Gasteiger partial charge is 0.379 e. The van der Waals surface area contributed by atoms with Crippen LogP contribution in [0.3, 0.4) is 0 Å². The first-order chi connectivity index (χ1) is 8.49. The predicted molar refractivity (Wildman–Crippen MR) is 72.4 cm³/mol. The van der Waals surface area contributed by atoms with Crippen molar-refractivity contribution in [2.75, 3.05) is 40.0 Å². The highest BCUT2D eigenvalue weighted by Gasteiger charge is 2.12. The molecule has 108 valence electrons. The number of likely N-dealkylation sites (N-methyl/N-ethyl adjacent to an activating group) is 1. The van der Waals surface area contributed by atoms with Crippen molar-refractivity contribution < 1.29 is 14.3 Å². The summed E-state index contributed by atoms with van der Waals surface area (Å²) in [5.74, 6) is 0.429. The molecule has 0 fully saturated rings. The first kappa shape index (κ1) is 17.4. The van der Waals surface area contributed by atoms with Gasteiger partial charge in [0.15, 0.2) is 0 Å². The Morgan fingerprint density at radius 1 is 1.28 bits per heavy atom. The van der Waals surface area contributed by atoms with Crippen LogP contribution in [0.15, 0.2) is 0 Å². The van der Waals surface area contributed by atoms with E-state index in [1.54, 1.807) is 11.9 Å². The fourth-order valence-corrected chi connectivity index (χ4v) is 1.33. The van der Waals surface area contributed by atoms with Crippen molar-refractivity contribution in [1.29, 1.82) is 0 Å². The third-order valence-corrected chi connectivity index (χ3v) is 2.88. The SMILES string of the molecule is CCOCCOCC(=O)N(C)CCC(N)C(C)C. The minimum Gasteiger partial charge on any atom is -0.379 e. The number of ether oxygens (including phenoxy) is 2. The van der Waals surface area contributed by atoms with Crippen molar-refractivity contribution in [3.63, 3.8) is 0 Å². The van der Waals surface area contributed by atoms with Crippen LogP contribution in [-0.4, -0.2) is 56.9 Å². The van der Waals surface area contributed by atoms with Crippen molar-refractivity contribution in [2.24, 2.45) is 11.7 Å². The molecule has 0 aromatic carbocycles. The molecule has 18 heavy (non-hydrogen) atoms. The number of nitrogens with two attached hydrogens (primary N) is 1. The van der Waals surface area contributed by atoms with Gasteiger partial charge in [0.1, 0.15) is 6.61 Å². The number of rotatable bonds is 10. The number of hydrogen-bond acceptors (Lipinski definition) is 4. The van der Waals surface area contributed by atoms with E-state index in [1.165, 1.54) is 0 Å². The molecule has 0 spiro atoms. The van der Waals surface area contributed by atoms with E-state index < -0.39 is 0 Å². The molecule has 0 aliphatic rings. The van der Waals surface area contributed by atoms with Crippen LogP contribution in [0.5, 0.6) is 0 Å². The zero-order chi connectivity index (χ0) is 14.0. The minimum absolute atomic E-state index is 0.0116. The Morgan fingerprint density at radius 3 is 2.44 bits per heavy atom. The Morgan fingerprint density at radius 2 is 1.89 bits per heavy atom. The summed E-state index contributed by atoms with van der Waals surface area (Å²) < 4.78 is 10.3. The molecule has 2 N–H and O–H groups in total. The molecule has 0 saturated carbocycles. The van der Waals surface area contributed by atoms with Gasteiger partial charge in [-0.05, 0) is 19.3 Å². The Labute approximate surface area is 111 Å². The molecule has 0 saturated heterocycles. The van der Waals surface area contributed by atoms with Gasteiger partial charge in [-0.3, -0.25) is 4.79 Å². The lowest BCUT2D eigenvalue weighted by molar-refractivity contribution is -0.135. The summed E-state index contributed by atoms with van der Waals surface area (Å²) in [6.07, 6.45) is 0.818. The second-order valence-electron chi connectivity index (χ2n) is 4.76. The van der Waals surface area contributed by atoms with Crippen molar-refractivity contribution in [1.82, 2.24) is 4.90 Å². The lowest BCUT2D eigenvalue weighted by atomic mass is 10.0. The van der Waals surface area contributed by atoms with Crippen LogP contribution >= 0.6 is 0 Å². The number of carbonyl (C=O) groups is 1. The quantitative estimate of drug-likeness (QED) is 0.592. The Bertz CT molecular complexity index is 222. The summed E-state index contributed by atoms with van der Waals surface area (Å²) >= 11 is 0. The van der Waals surface area contributed by atoms with E-state index in [0.717, 1.165) is 6.42 Å². The van der Waals surface area contributed by atoms with Gasteiger partial charge in [0.2, 0.25) is 5.91 Å².